The summed E-state index contributed by atoms with van der Waals surface area (Å²) in [6.45, 7) is 1.97. The van der Waals surface area contributed by atoms with Gasteiger partial charge in [0.25, 0.3) is 5.78 Å². The highest BCUT2D eigenvalue weighted by atomic mass is 35.5. The molecule has 1 saturated heterocycles. The van der Waals surface area contributed by atoms with E-state index >= 15 is 0 Å². The molecule has 0 radical (unpaired) electrons. The van der Waals surface area contributed by atoms with Crippen molar-refractivity contribution in [2.75, 3.05) is 4.90 Å². The molecular weight excluding hydrogens is 554 g/mol. The molecule has 10 heteroatoms. The van der Waals surface area contributed by atoms with E-state index in [1.54, 1.807) is 36.4 Å². The molecule has 1 amide bonds. The first-order valence-electron chi connectivity index (χ1n) is 12.3. The number of ether oxygens (including phenoxy) is 1. The molecule has 2 aliphatic heterocycles. The molecule has 2 aliphatic rings. The third kappa shape index (κ3) is 4.93. The number of carbonyl (C=O) groups is 2. The monoisotopic (exact) mass is 575 g/mol. The second-order valence-corrected chi connectivity index (χ2v) is 11.9. The van der Waals surface area contributed by atoms with E-state index in [1.165, 1.54) is 28.0 Å². The van der Waals surface area contributed by atoms with E-state index in [0.717, 1.165) is 16.9 Å². The SMILES string of the molecule is CC1Cc2cc(/C(O)=C3\C(=O)C(=O)N(c4nnc(SCc5ccccc5)s4)C3c3ccc(Cl)cc3)ccc2O1. The van der Waals surface area contributed by atoms with Crippen molar-refractivity contribution in [3.8, 4) is 5.75 Å². The molecule has 1 aromatic heterocycles. The summed E-state index contributed by atoms with van der Waals surface area (Å²) in [7, 11) is 0. The Balaban J connectivity index is 1.39. The number of hydrogen-bond donors (Lipinski definition) is 1. The number of nitrogens with zero attached hydrogens (tertiary/aromatic N) is 3. The number of thioether (sulfide) groups is 1. The lowest BCUT2D eigenvalue weighted by molar-refractivity contribution is -0.132. The number of rotatable bonds is 6. The summed E-state index contributed by atoms with van der Waals surface area (Å²) in [5.41, 5.74) is 3.12. The summed E-state index contributed by atoms with van der Waals surface area (Å²) in [6.07, 6.45) is 0.725. The molecule has 3 heterocycles. The van der Waals surface area contributed by atoms with Gasteiger partial charge in [-0.2, -0.15) is 0 Å². The number of ketones is 1. The fourth-order valence-electron chi connectivity index (χ4n) is 4.79. The van der Waals surface area contributed by atoms with Gasteiger partial charge >= 0.3 is 5.91 Å². The molecular formula is C29H22ClN3O4S2. The minimum Gasteiger partial charge on any atom is -0.507 e. The van der Waals surface area contributed by atoms with Crippen LogP contribution in [0.2, 0.25) is 5.02 Å². The van der Waals surface area contributed by atoms with Crippen molar-refractivity contribution >= 4 is 57.3 Å². The van der Waals surface area contributed by atoms with Gasteiger partial charge in [-0.05, 0) is 53.9 Å². The number of hydrogen-bond acceptors (Lipinski definition) is 8. The molecule has 0 aliphatic carbocycles. The summed E-state index contributed by atoms with van der Waals surface area (Å²) in [5, 5.41) is 20.8. The molecule has 4 aromatic rings. The molecule has 0 bridgehead atoms. The van der Waals surface area contributed by atoms with Crippen LogP contribution in [0.3, 0.4) is 0 Å². The maximum Gasteiger partial charge on any atom is 0.301 e. The van der Waals surface area contributed by atoms with E-state index in [1.807, 2.05) is 43.3 Å². The minimum absolute atomic E-state index is 0.0112. The zero-order chi connectivity index (χ0) is 27.1. The maximum absolute atomic E-state index is 13.4. The van der Waals surface area contributed by atoms with Crippen molar-refractivity contribution in [1.29, 1.82) is 0 Å². The predicted octanol–water partition coefficient (Wildman–Crippen LogP) is 6.43. The first-order valence-corrected chi connectivity index (χ1v) is 14.4. The average molecular weight is 576 g/mol. The molecule has 1 N–H and O–H groups in total. The molecule has 196 valence electrons. The Kier molecular flexibility index (Phi) is 6.88. The Morgan fingerprint density at radius 3 is 2.64 bits per heavy atom. The van der Waals surface area contributed by atoms with Gasteiger partial charge in [0, 0.05) is 22.8 Å². The van der Waals surface area contributed by atoms with Gasteiger partial charge in [0.2, 0.25) is 5.13 Å². The lowest BCUT2D eigenvalue weighted by atomic mass is 9.94. The van der Waals surface area contributed by atoms with Crippen molar-refractivity contribution in [1.82, 2.24) is 10.2 Å². The topological polar surface area (TPSA) is 92.6 Å². The van der Waals surface area contributed by atoms with Gasteiger partial charge < -0.3 is 9.84 Å². The van der Waals surface area contributed by atoms with Gasteiger partial charge in [0.05, 0.1) is 11.6 Å². The fraction of sp³-hybridized carbons (Fsp3) is 0.172. The third-order valence-corrected chi connectivity index (χ3v) is 8.99. The van der Waals surface area contributed by atoms with Gasteiger partial charge in [0.1, 0.15) is 17.6 Å². The standard InChI is InChI=1S/C29H22ClN3O4S2/c1-16-13-20-14-19(9-12-22(20)37-16)25(34)23-24(18-7-10-21(30)11-8-18)33(27(36)26(23)35)28-31-32-29(39-28)38-15-17-5-3-2-4-6-17/h2-12,14,16,24,34H,13,15H2,1H3/b25-23+. The second-order valence-electron chi connectivity index (χ2n) is 9.30. The molecule has 1 fully saturated rings. The number of aliphatic hydroxyl groups excluding tert-OH is 1. The number of halogens is 1. The van der Waals surface area contributed by atoms with E-state index in [9.17, 15) is 14.7 Å². The summed E-state index contributed by atoms with van der Waals surface area (Å²) in [4.78, 5) is 28.2. The van der Waals surface area contributed by atoms with Crippen molar-refractivity contribution in [2.45, 2.75) is 35.6 Å². The van der Waals surface area contributed by atoms with Crippen molar-refractivity contribution in [3.63, 3.8) is 0 Å². The van der Waals surface area contributed by atoms with Gasteiger partial charge in [-0.1, -0.05) is 77.2 Å². The maximum atomic E-state index is 13.4. The van der Waals surface area contributed by atoms with E-state index in [2.05, 4.69) is 10.2 Å². The van der Waals surface area contributed by atoms with Crippen LogP contribution in [0, 0.1) is 0 Å². The highest BCUT2D eigenvalue weighted by molar-refractivity contribution is 8.00. The van der Waals surface area contributed by atoms with Gasteiger partial charge in [0.15, 0.2) is 4.34 Å². The quantitative estimate of drug-likeness (QED) is 0.0930. The fourth-order valence-corrected chi connectivity index (χ4v) is 6.74. The molecule has 2 unspecified atom stereocenters. The molecule has 39 heavy (non-hydrogen) atoms. The number of carbonyl (C=O) groups excluding carboxylic acids is 2. The van der Waals surface area contributed by atoms with Crippen molar-refractivity contribution < 1.29 is 19.4 Å². The lowest BCUT2D eigenvalue weighted by Crippen LogP contribution is -2.29. The van der Waals surface area contributed by atoms with Crippen LogP contribution >= 0.6 is 34.7 Å². The molecule has 2 atom stereocenters. The van der Waals surface area contributed by atoms with Crippen LogP contribution in [0.15, 0.2) is 82.7 Å². The Labute approximate surface area is 238 Å². The minimum atomic E-state index is -0.898. The Bertz CT molecular complexity index is 1600. The lowest BCUT2D eigenvalue weighted by Gasteiger charge is -2.22. The van der Waals surface area contributed by atoms with Crippen LogP contribution in [-0.4, -0.2) is 33.1 Å². The first-order chi connectivity index (χ1) is 18.9. The summed E-state index contributed by atoms with van der Waals surface area (Å²) >= 11 is 8.87. The Morgan fingerprint density at radius 1 is 1.10 bits per heavy atom. The van der Waals surface area contributed by atoms with E-state index < -0.39 is 17.7 Å². The number of benzene rings is 3. The van der Waals surface area contributed by atoms with Crippen molar-refractivity contribution in [3.05, 3.63) is 106 Å². The number of aromatic nitrogens is 2. The van der Waals surface area contributed by atoms with Crippen LogP contribution in [0.5, 0.6) is 5.75 Å². The Morgan fingerprint density at radius 2 is 1.87 bits per heavy atom. The van der Waals surface area contributed by atoms with E-state index in [-0.39, 0.29) is 22.6 Å². The summed E-state index contributed by atoms with van der Waals surface area (Å²) < 4.78 is 6.44. The third-order valence-electron chi connectivity index (χ3n) is 6.61. The zero-order valence-electron chi connectivity index (χ0n) is 20.7. The summed E-state index contributed by atoms with van der Waals surface area (Å²) in [5.74, 6) is -0.364. The highest BCUT2D eigenvalue weighted by Gasteiger charge is 2.48. The average Bonchev–Trinajstić information content (AvgIpc) is 3.63. The number of aliphatic hydroxyl groups is 1. The zero-order valence-corrected chi connectivity index (χ0v) is 23.1. The first kappa shape index (κ1) is 25.6. The largest absolute Gasteiger partial charge is 0.507 e. The molecule has 0 saturated carbocycles. The van der Waals surface area contributed by atoms with E-state index in [4.69, 9.17) is 16.3 Å². The second kappa shape index (κ2) is 10.5. The van der Waals surface area contributed by atoms with Crippen LogP contribution < -0.4 is 9.64 Å². The van der Waals surface area contributed by atoms with Crippen LogP contribution in [0.1, 0.15) is 35.2 Å². The normalized spacial score (nSPS) is 19.8. The number of Topliss-reactive ketones (excluding diaryl/α,β-unsaturated/α-hetero) is 1. The van der Waals surface area contributed by atoms with Crippen molar-refractivity contribution in [2.24, 2.45) is 0 Å². The summed E-state index contributed by atoms with van der Waals surface area (Å²) in [6, 6.07) is 21.2. The van der Waals surface area contributed by atoms with Crippen LogP contribution in [0.25, 0.3) is 5.76 Å². The molecule has 0 spiro atoms. The molecule has 3 aromatic carbocycles. The highest BCUT2D eigenvalue weighted by Crippen LogP contribution is 2.44. The smallest absolute Gasteiger partial charge is 0.301 e. The van der Waals surface area contributed by atoms with Gasteiger partial charge in [-0.25, -0.2) is 0 Å². The number of anilines is 1. The van der Waals surface area contributed by atoms with Gasteiger partial charge in [-0.3, -0.25) is 14.5 Å². The molecule has 6 rings (SSSR count). The van der Waals surface area contributed by atoms with Crippen LogP contribution in [-0.2, 0) is 21.8 Å². The van der Waals surface area contributed by atoms with Gasteiger partial charge in [-0.15, -0.1) is 10.2 Å². The predicted molar refractivity (Wildman–Crippen MR) is 152 cm³/mol. The number of amides is 1. The van der Waals surface area contributed by atoms with Crippen LogP contribution in [0.4, 0.5) is 5.13 Å². The molecule has 7 nitrogen and oxygen atoms in total. The van der Waals surface area contributed by atoms with E-state index in [0.29, 0.717) is 32.7 Å². The Hall–Kier alpha value is -3.66. The number of fused-ring (bicyclic) bond motifs is 1.